The maximum Gasteiger partial charge on any atom is 0.307 e. The minimum atomic E-state index is -3.44. The maximum absolute atomic E-state index is 11.9. The van der Waals surface area contributed by atoms with E-state index >= 15 is 0 Å². The van der Waals surface area contributed by atoms with Crippen LogP contribution in [0.5, 0.6) is 0 Å². The lowest BCUT2D eigenvalue weighted by Gasteiger charge is -2.21. The van der Waals surface area contributed by atoms with Crippen LogP contribution < -0.4 is 4.31 Å². The Hall–Kier alpha value is -3.41. The van der Waals surface area contributed by atoms with Gasteiger partial charge in [-0.15, -0.1) is 10.2 Å². The quantitative estimate of drug-likeness (QED) is 0.462. The lowest BCUT2D eigenvalue weighted by atomic mass is 9.83. The van der Waals surface area contributed by atoms with Gasteiger partial charge in [-0.1, -0.05) is 42.8 Å². The highest BCUT2D eigenvalue weighted by atomic mass is 32.2. The number of hydrogen-bond donors (Lipinski definition) is 2. The van der Waals surface area contributed by atoms with Gasteiger partial charge in [0.25, 0.3) is 0 Å². The molecular formula is C20H25N7O4S. The molecule has 0 aliphatic heterocycles. The molecule has 0 saturated carbocycles. The third-order valence-corrected chi connectivity index (χ3v) is 6.41. The number of aromatic amines is 1. The summed E-state index contributed by atoms with van der Waals surface area (Å²) in [6.07, 6.45) is 5.89. The highest BCUT2D eigenvalue weighted by Crippen LogP contribution is 2.30. The average molecular weight is 460 g/mol. The van der Waals surface area contributed by atoms with E-state index in [0.717, 1.165) is 33.7 Å². The van der Waals surface area contributed by atoms with Crippen LogP contribution in [0.1, 0.15) is 37.1 Å². The van der Waals surface area contributed by atoms with Crippen LogP contribution in [0.15, 0.2) is 36.7 Å². The molecule has 0 spiro atoms. The van der Waals surface area contributed by atoms with Crippen molar-refractivity contribution in [3.63, 3.8) is 0 Å². The molecule has 0 unspecified atom stereocenters. The van der Waals surface area contributed by atoms with Gasteiger partial charge in [-0.3, -0.25) is 4.79 Å². The molecule has 2 N–H and O–H groups in total. The first-order valence-electron chi connectivity index (χ1n) is 10.0. The summed E-state index contributed by atoms with van der Waals surface area (Å²) in [4.78, 5) is 20.1. The van der Waals surface area contributed by atoms with Gasteiger partial charge in [0, 0.05) is 30.9 Å². The molecule has 12 heteroatoms. The van der Waals surface area contributed by atoms with Crippen molar-refractivity contribution >= 4 is 21.9 Å². The summed E-state index contributed by atoms with van der Waals surface area (Å²) in [6.45, 7) is 1.94. The van der Waals surface area contributed by atoms with Crippen molar-refractivity contribution in [2.24, 2.45) is 5.92 Å². The SMILES string of the molecule is CCC[C@H](C(=O)O)[C@H](Cc1ccc(-c2cnc(N(C)S(C)(=O)=O)nc2)cc1)c1nn[nH]n1. The van der Waals surface area contributed by atoms with E-state index in [0.29, 0.717) is 18.7 Å². The number of aliphatic carboxylic acids is 1. The van der Waals surface area contributed by atoms with E-state index in [9.17, 15) is 18.3 Å². The summed E-state index contributed by atoms with van der Waals surface area (Å²) in [6, 6.07) is 7.58. The van der Waals surface area contributed by atoms with E-state index in [1.54, 1.807) is 12.4 Å². The summed E-state index contributed by atoms with van der Waals surface area (Å²) in [5.41, 5.74) is 2.51. The Balaban J connectivity index is 1.80. The van der Waals surface area contributed by atoms with Gasteiger partial charge >= 0.3 is 5.97 Å². The molecule has 2 atom stereocenters. The monoisotopic (exact) mass is 459 g/mol. The van der Waals surface area contributed by atoms with Gasteiger partial charge in [0.2, 0.25) is 16.0 Å². The number of nitrogens with zero attached hydrogens (tertiary/aromatic N) is 6. The van der Waals surface area contributed by atoms with E-state index in [1.165, 1.54) is 7.05 Å². The molecule has 0 aliphatic carbocycles. The van der Waals surface area contributed by atoms with Crippen molar-refractivity contribution < 1.29 is 18.3 Å². The molecule has 170 valence electrons. The summed E-state index contributed by atoms with van der Waals surface area (Å²) in [7, 11) is -2.05. The standard InChI is InChI=1S/C20H25N7O4S/c1-4-5-16(19(28)29)17(18-23-25-26-24-18)10-13-6-8-14(9-7-13)15-11-21-20(22-12-15)27(2)32(3,30)31/h6-9,11-12,16-17H,4-5,10H2,1-3H3,(H,28,29)(H,23,24,25,26)/t16-,17-/m0/s1. The van der Waals surface area contributed by atoms with Crippen molar-refractivity contribution in [2.45, 2.75) is 32.1 Å². The van der Waals surface area contributed by atoms with Crippen LogP contribution in [0.3, 0.4) is 0 Å². The van der Waals surface area contributed by atoms with E-state index in [2.05, 4.69) is 30.6 Å². The first kappa shape index (κ1) is 23.3. The Labute approximate surface area is 186 Å². The van der Waals surface area contributed by atoms with Crippen LogP contribution in [-0.4, -0.2) is 63.4 Å². The molecule has 3 aromatic rings. The van der Waals surface area contributed by atoms with Crippen LogP contribution in [0.2, 0.25) is 0 Å². The van der Waals surface area contributed by atoms with Crippen LogP contribution >= 0.6 is 0 Å². The number of sulfonamides is 1. The fourth-order valence-electron chi connectivity index (χ4n) is 3.42. The second-order valence-corrected chi connectivity index (χ2v) is 9.53. The van der Waals surface area contributed by atoms with E-state index in [-0.39, 0.29) is 5.95 Å². The average Bonchev–Trinajstić information content (AvgIpc) is 3.30. The van der Waals surface area contributed by atoms with Crippen molar-refractivity contribution in [3.8, 4) is 11.1 Å². The van der Waals surface area contributed by atoms with Crippen molar-refractivity contribution in [1.29, 1.82) is 0 Å². The zero-order valence-corrected chi connectivity index (χ0v) is 18.8. The molecule has 1 aromatic carbocycles. The summed E-state index contributed by atoms with van der Waals surface area (Å²) < 4.78 is 24.3. The van der Waals surface area contributed by atoms with Gasteiger partial charge in [0.15, 0.2) is 5.82 Å². The predicted molar refractivity (Wildman–Crippen MR) is 117 cm³/mol. The number of carboxylic acids is 1. The third-order valence-electron chi connectivity index (χ3n) is 5.26. The van der Waals surface area contributed by atoms with Gasteiger partial charge in [0.05, 0.1) is 12.2 Å². The molecule has 3 rings (SSSR count). The Morgan fingerprint density at radius 3 is 2.31 bits per heavy atom. The molecule has 0 radical (unpaired) electrons. The summed E-state index contributed by atoms with van der Waals surface area (Å²) in [5.74, 6) is -1.44. The van der Waals surface area contributed by atoms with Crippen LogP contribution in [-0.2, 0) is 21.2 Å². The summed E-state index contributed by atoms with van der Waals surface area (Å²) in [5, 5.41) is 23.8. The van der Waals surface area contributed by atoms with E-state index in [1.807, 2.05) is 31.2 Å². The Bertz CT molecular complexity index is 1130. The number of carboxylic acid groups (broad SMARTS) is 1. The third kappa shape index (κ3) is 5.44. The van der Waals surface area contributed by atoms with Crippen LogP contribution in [0.25, 0.3) is 11.1 Å². The minimum Gasteiger partial charge on any atom is -0.481 e. The molecule has 0 saturated heterocycles. The molecule has 2 heterocycles. The zero-order valence-electron chi connectivity index (χ0n) is 18.0. The van der Waals surface area contributed by atoms with E-state index in [4.69, 9.17) is 0 Å². The maximum atomic E-state index is 11.9. The number of rotatable bonds is 10. The Kier molecular flexibility index (Phi) is 7.13. The van der Waals surface area contributed by atoms with Gasteiger partial charge < -0.3 is 5.11 Å². The van der Waals surface area contributed by atoms with Gasteiger partial charge in [-0.2, -0.15) is 5.21 Å². The fraction of sp³-hybridized carbons (Fsp3) is 0.400. The van der Waals surface area contributed by atoms with Crippen molar-refractivity contribution in [2.75, 3.05) is 17.6 Å². The molecular weight excluding hydrogens is 434 g/mol. The predicted octanol–water partition coefficient (Wildman–Crippen LogP) is 1.88. The normalized spacial score (nSPS) is 13.5. The molecule has 11 nitrogen and oxygen atoms in total. The number of benzene rings is 1. The van der Waals surface area contributed by atoms with Crippen molar-refractivity contribution in [1.82, 2.24) is 30.6 Å². The first-order chi connectivity index (χ1) is 15.2. The molecule has 0 fully saturated rings. The van der Waals surface area contributed by atoms with Crippen LogP contribution in [0, 0.1) is 5.92 Å². The van der Waals surface area contributed by atoms with Gasteiger partial charge in [-0.25, -0.2) is 22.7 Å². The Morgan fingerprint density at radius 1 is 1.16 bits per heavy atom. The van der Waals surface area contributed by atoms with E-state index < -0.39 is 27.8 Å². The number of aromatic nitrogens is 6. The van der Waals surface area contributed by atoms with Crippen molar-refractivity contribution in [3.05, 3.63) is 48.0 Å². The van der Waals surface area contributed by atoms with Gasteiger partial charge in [-0.05, 0) is 24.0 Å². The number of nitrogens with one attached hydrogen (secondary N) is 1. The second kappa shape index (κ2) is 9.81. The number of H-pyrrole nitrogens is 1. The Morgan fingerprint density at radius 2 is 1.81 bits per heavy atom. The zero-order chi connectivity index (χ0) is 23.3. The lowest BCUT2D eigenvalue weighted by Crippen LogP contribution is -2.26. The van der Waals surface area contributed by atoms with Crippen LogP contribution in [0.4, 0.5) is 5.95 Å². The number of anilines is 1. The second-order valence-electron chi connectivity index (χ2n) is 7.51. The highest BCUT2D eigenvalue weighted by Gasteiger charge is 2.32. The molecule has 0 aliphatic rings. The number of carbonyl (C=O) groups is 1. The number of hydrogen-bond acceptors (Lipinski definition) is 8. The lowest BCUT2D eigenvalue weighted by molar-refractivity contribution is -0.143. The minimum absolute atomic E-state index is 0.0893. The first-order valence-corrected chi connectivity index (χ1v) is 11.9. The highest BCUT2D eigenvalue weighted by molar-refractivity contribution is 7.92. The molecule has 32 heavy (non-hydrogen) atoms. The largest absolute Gasteiger partial charge is 0.481 e. The molecule has 0 bridgehead atoms. The fourth-order valence-corrected chi connectivity index (χ4v) is 3.81. The van der Waals surface area contributed by atoms with Gasteiger partial charge in [0.1, 0.15) is 0 Å². The summed E-state index contributed by atoms with van der Waals surface area (Å²) >= 11 is 0. The topological polar surface area (TPSA) is 155 Å². The number of tetrazole rings is 1. The molecule has 2 aromatic heterocycles. The molecule has 0 amide bonds. The smallest absolute Gasteiger partial charge is 0.307 e.